The van der Waals surface area contributed by atoms with Gasteiger partial charge < -0.3 is 16.0 Å². The van der Waals surface area contributed by atoms with E-state index in [0.717, 1.165) is 37.9 Å². The molecule has 0 bridgehead atoms. The lowest BCUT2D eigenvalue weighted by Gasteiger charge is -2.22. The zero-order chi connectivity index (χ0) is 15.1. The van der Waals surface area contributed by atoms with E-state index in [1.165, 1.54) is 0 Å². The highest BCUT2D eigenvalue weighted by atomic mass is 35.5. The molecule has 5 nitrogen and oxygen atoms in total. The maximum Gasteiger partial charge on any atom is 0.251 e. The Morgan fingerprint density at radius 3 is 2.55 bits per heavy atom. The molecule has 0 spiro atoms. The Balaban J connectivity index is 0.00000242. The minimum absolute atomic E-state index is 0. The van der Waals surface area contributed by atoms with Crippen LogP contribution in [0.25, 0.3) is 0 Å². The van der Waals surface area contributed by atoms with Gasteiger partial charge in [-0.15, -0.1) is 12.4 Å². The molecule has 1 aromatic rings. The number of halogens is 1. The fourth-order valence-electron chi connectivity index (χ4n) is 2.35. The summed E-state index contributed by atoms with van der Waals surface area (Å²) >= 11 is 0. The van der Waals surface area contributed by atoms with Crippen molar-refractivity contribution >= 4 is 29.9 Å². The number of amides is 2. The molecular weight excluding hydrogens is 302 g/mol. The van der Waals surface area contributed by atoms with Crippen LogP contribution in [0.2, 0.25) is 0 Å². The number of hydrogen-bond acceptors (Lipinski definition) is 3. The Kier molecular flexibility index (Phi) is 7.91. The van der Waals surface area contributed by atoms with E-state index in [2.05, 4.69) is 16.0 Å². The summed E-state index contributed by atoms with van der Waals surface area (Å²) in [7, 11) is 0. The molecule has 6 heteroatoms. The van der Waals surface area contributed by atoms with Crippen molar-refractivity contribution in [3.63, 3.8) is 0 Å². The first-order valence-corrected chi connectivity index (χ1v) is 7.63. The lowest BCUT2D eigenvalue weighted by molar-refractivity contribution is -0.118. The molecule has 1 fully saturated rings. The highest BCUT2D eigenvalue weighted by Crippen LogP contribution is 2.13. The quantitative estimate of drug-likeness (QED) is 0.778. The highest BCUT2D eigenvalue weighted by molar-refractivity contribution is 5.97. The summed E-state index contributed by atoms with van der Waals surface area (Å²) in [4.78, 5) is 23.9. The molecule has 22 heavy (non-hydrogen) atoms. The number of carbonyl (C=O) groups is 2. The van der Waals surface area contributed by atoms with Gasteiger partial charge in [0.1, 0.15) is 0 Å². The predicted molar refractivity (Wildman–Crippen MR) is 90.6 cm³/mol. The number of rotatable bonds is 5. The van der Waals surface area contributed by atoms with E-state index in [9.17, 15) is 9.59 Å². The van der Waals surface area contributed by atoms with Crippen LogP contribution in [0.3, 0.4) is 0 Å². The number of carbonyl (C=O) groups excluding carboxylic acids is 2. The van der Waals surface area contributed by atoms with Gasteiger partial charge in [0.15, 0.2) is 0 Å². The molecule has 0 aromatic heterocycles. The summed E-state index contributed by atoms with van der Waals surface area (Å²) in [5.41, 5.74) is 1.33. The molecule has 0 saturated carbocycles. The third-order valence-corrected chi connectivity index (χ3v) is 3.58. The standard InChI is InChI=1S/C16H23N3O2.ClH/c1-2-10-18-15(20)12-6-8-13(9-7-12)19-16(21)14-5-3-4-11-17-14;/h6-9,14,17H,2-5,10-11H2,1H3,(H,18,20)(H,19,21);1H. The van der Waals surface area contributed by atoms with Gasteiger partial charge in [0.25, 0.3) is 5.91 Å². The van der Waals surface area contributed by atoms with E-state index in [0.29, 0.717) is 12.1 Å². The molecule has 1 aromatic carbocycles. The molecule has 3 N–H and O–H groups in total. The number of anilines is 1. The van der Waals surface area contributed by atoms with E-state index in [-0.39, 0.29) is 30.3 Å². The summed E-state index contributed by atoms with van der Waals surface area (Å²) < 4.78 is 0. The normalized spacial score (nSPS) is 17.2. The van der Waals surface area contributed by atoms with Gasteiger partial charge in [-0.2, -0.15) is 0 Å². The number of piperidine rings is 1. The van der Waals surface area contributed by atoms with Crippen LogP contribution in [-0.2, 0) is 4.79 Å². The van der Waals surface area contributed by atoms with Gasteiger partial charge in [0.05, 0.1) is 6.04 Å². The van der Waals surface area contributed by atoms with Gasteiger partial charge in [0, 0.05) is 17.8 Å². The molecule has 0 aliphatic carbocycles. The first-order valence-electron chi connectivity index (χ1n) is 7.63. The van der Waals surface area contributed by atoms with Gasteiger partial charge >= 0.3 is 0 Å². The lowest BCUT2D eigenvalue weighted by Crippen LogP contribution is -2.43. The van der Waals surface area contributed by atoms with Crippen molar-refractivity contribution in [1.29, 1.82) is 0 Å². The van der Waals surface area contributed by atoms with Gasteiger partial charge in [-0.1, -0.05) is 13.3 Å². The second kappa shape index (κ2) is 9.43. The first kappa shape index (κ1) is 18.5. The van der Waals surface area contributed by atoms with Crippen molar-refractivity contribution in [3.05, 3.63) is 29.8 Å². The molecule has 1 atom stereocenters. The van der Waals surface area contributed by atoms with Crippen molar-refractivity contribution in [2.75, 3.05) is 18.4 Å². The van der Waals surface area contributed by atoms with Crippen molar-refractivity contribution < 1.29 is 9.59 Å². The fourth-order valence-corrected chi connectivity index (χ4v) is 2.35. The Labute approximate surface area is 137 Å². The average Bonchev–Trinajstić information content (AvgIpc) is 2.54. The van der Waals surface area contributed by atoms with Crippen LogP contribution in [0.5, 0.6) is 0 Å². The number of nitrogens with one attached hydrogen (secondary N) is 3. The van der Waals surface area contributed by atoms with Crippen molar-refractivity contribution in [2.45, 2.75) is 38.6 Å². The van der Waals surface area contributed by atoms with Crippen LogP contribution in [0.15, 0.2) is 24.3 Å². The molecule has 1 saturated heterocycles. The maximum atomic E-state index is 12.1. The largest absolute Gasteiger partial charge is 0.352 e. The first-order chi connectivity index (χ1) is 10.2. The zero-order valence-corrected chi connectivity index (χ0v) is 13.7. The Morgan fingerprint density at radius 1 is 1.23 bits per heavy atom. The van der Waals surface area contributed by atoms with E-state index >= 15 is 0 Å². The molecule has 1 heterocycles. The zero-order valence-electron chi connectivity index (χ0n) is 12.9. The van der Waals surface area contributed by atoms with E-state index < -0.39 is 0 Å². The maximum absolute atomic E-state index is 12.1. The Morgan fingerprint density at radius 2 is 1.95 bits per heavy atom. The van der Waals surface area contributed by atoms with Gasteiger partial charge in [0.2, 0.25) is 5.91 Å². The summed E-state index contributed by atoms with van der Waals surface area (Å²) in [6.07, 6.45) is 4.00. The number of benzene rings is 1. The predicted octanol–water partition coefficient (Wildman–Crippen LogP) is 2.33. The molecular formula is C16H24ClN3O2. The topological polar surface area (TPSA) is 70.2 Å². The van der Waals surface area contributed by atoms with Crippen LogP contribution < -0.4 is 16.0 Å². The second-order valence-corrected chi connectivity index (χ2v) is 5.32. The third kappa shape index (κ3) is 5.31. The third-order valence-electron chi connectivity index (χ3n) is 3.58. The van der Waals surface area contributed by atoms with E-state index in [4.69, 9.17) is 0 Å². The second-order valence-electron chi connectivity index (χ2n) is 5.32. The Bertz CT molecular complexity index is 485. The molecule has 2 rings (SSSR count). The smallest absolute Gasteiger partial charge is 0.251 e. The molecule has 1 aliphatic rings. The van der Waals surface area contributed by atoms with Crippen LogP contribution in [0.4, 0.5) is 5.69 Å². The molecule has 122 valence electrons. The summed E-state index contributed by atoms with van der Waals surface area (Å²) in [6.45, 7) is 3.58. The monoisotopic (exact) mass is 325 g/mol. The van der Waals surface area contributed by atoms with Gasteiger partial charge in [-0.05, 0) is 50.1 Å². The average molecular weight is 326 g/mol. The van der Waals surface area contributed by atoms with Crippen LogP contribution in [-0.4, -0.2) is 30.9 Å². The van der Waals surface area contributed by atoms with Gasteiger partial charge in [-0.3, -0.25) is 9.59 Å². The Hall–Kier alpha value is -1.59. The fraction of sp³-hybridized carbons (Fsp3) is 0.500. The SMILES string of the molecule is CCCNC(=O)c1ccc(NC(=O)C2CCCCN2)cc1.Cl. The van der Waals surface area contributed by atoms with Crippen molar-refractivity contribution in [3.8, 4) is 0 Å². The van der Waals surface area contributed by atoms with E-state index in [1.807, 2.05) is 6.92 Å². The van der Waals surface area contributed by atoms with Crippen LogP contribution in [0, 0.1) is 0 Å². The summed E-state index contributed by atoms with van der Waals surface area (Å²) in [5.74, 6) is -0.0819. The molecule has 0 radical (unpaired) electrons. The molecule has 1 aliphatic heterocycles. The van der Waals surface area contributed by atoms with Crippen LogP contribution >= 0.6 is 12.4 Å². The minimum Gasteiger partial charge on any atom is -0.352 e. The lowest BCUT2D eigenvalue weighted by atomic mass is 10.0. The number of hydrogen-bond donors (Lipinski definition) is 3. The molecule has 1 unspecified atom stereocenters. The van der Waals surface area contributed by atoms with E-state index in [1.54, 1.807) is 24.3 Å². The minimum atomic E-state index is -0.105. The van der Waals surface area contributed by atoms with Gasteiger partial charge in [-0.25, -0.2) is 0 Å². The highest BCUT2D eigenvalue weighted by Gasteiger charge is 2.20. The van der Waals surface area contributed by atoms with Crippen molar-refractivity contribution in [2.24, 2.45) is 0 Å². The molecule has 2 amide bonds. The summed E-state index contributed by atoms with van der Waals surface area (Å²) in [6, 6.07) is 6.89. The van der Waals surface area contributed by atoms with Crippen LogP contribution in [0.1, 0.15) is 43.0 Å². The van der Waals surface area contributed by atoms with Crippen molar-refractivity contribution in [1.82, 2.24) is 10.6 Å². The summed E-state index contributed by atoms with van der Waals surface area (Å²) in [5, 5.41) is 8.93.